The van der Waals surface area contributed by atoms with Crippen molar-refractivity contribution in [2.75, 3.05) is 0 Å². The largest absolute Gasteiger partial charge is 0.382 e. The normalized spacial score (nSPS) is 13.4. The fraction of sp³-hybridized carbons (Fsp3) is 0. The predicted molar refractivity (Wildman–Crippen MR) is 65.0 cm³/mol. The fourth-order valence-electron chi connectivity index (χ4n) is 1.72. The van der Waals surface area contributed by atoms with E-state index in [2.05, 4.69) is 15.0 Å². The summed E-state index contributed by atoms with van der Waals surface area (Å²) in [4.78, 5) is 12.4. The Balaban J connectivity index is 2.13. The van der Waals surface area contributed by atoms with Gasteiger partial charge in [-0.15, -0.1) is 0 Å². The summed E-state index contributed by atoms with van der Waals surface area (Å²) >= 11 is 0. The lowest BCUT2D eigenvalue weighted by Gasteiger charge is -2.02. The lowest BCUT2D eigenvalue weighted by atomic mass is 10.1. The van der Waals surface area contributed by atoms with Crippen molar-refractivity contribution in [3.8, 4) is 11.3 Å². The van der Waals surface area contributed by atoms with E-state index in [1.54, 1.807) is 6.20 Å². The maximum absolute atomic E-state index is 7.65. The van der Waals surface area contributed by atoms with Gasteiger partial charge in [0.2, 0.25) is 0 Å². The Labute approximate surface area is 97.6 Å². The molecule has 0 amide bonds. The maximum Gasteiger partial charge on any atom is 0.175 e. The van der Waals surface area contributed by atoms with Crippen LogP contribution < -0.4 is 5.73 Å². The SMILES string of the molecule is N=C1N=C(N)c2ncc(-c3ccccc3)nc21. The van der Waals surface area contributed by atoms with Gasteiger partial charge in [0.25, 0.3) is 0 Å². The monoisotopic (exact) mass is 223 g/mol. The highest BCUT2D eigenvalue weighted by atomic mass is 15.0. The van der Waals surface area contributed by atoms with E-state index in [4.69, 9.17) is 11.1 Å². The van der Waals surface area contributed by atoms with Gasteiger partial charge in [0.15, 0.2) is 11.7 Å². The Bertz CT molecular complexity index is 631. The number of rotatable bonds is 1. The van der Waals surface area contributed by atoms with Gasteiger partial charge in [-0.05, 0) is 0 Å². The van der Waals surface area contributed by atoms with Gasteiger partial charge in [0, 0.05) is 5.56 Å². The number of hydrogen-bond acceptors (Lipinski definition) is 4. The Morgan fingerprint density at radius 1 is 1.06 bits per heavy atom. The molecule has 5 nitrogen and oxygen atoms in total. The average molecular weight is 223 g/mol. The van der Waals surface area contributed by atoms with Crippen LogP contribution in [0, 0.1) is 5.41 Å². The Morgan fingerprint density at radius 2 is 1.82 bits per heavy atom. The molecule has 1 aromatic carbocycles. The third-order valence-corrected chi connectivity index (χ3v) is 2.54. The second-order valence-corrected chi connectivity index (χ2v) is 3.66. The lowest BCUT2D eigenvalue weighted by Crippen LogP contribution is -2.13. The molecule has 0 unspecified atom stereocenters. The summed E-state index contributed by atoms with van der Waals surface area (Å²) in [6.45, 7) is 0. The number of nitrogens with zero attached hydrogens (tertiary/aromatic N) is 3. The van der Waals surface area contributed by atoms with Crippen molar-refractivity contribution in [3.63, 3.8) is 0 Å². The van der Waals surface area contributed by atoms with Gasteiger partial charge >= 0.3 is 0 Å². The lowest BCUT2D eigenvalue weighted by molar-refractivity contribution is 1.16. The third kappa shape index (κ3) is 1.48. The minimum Gasteiger partial charge on any atom is -0.382 e. The Morgan fingerprint density at radius 3 is 2.59 bits per heavy atom. The molecule has 1 aliphatic rings. The minimum atomic E-state index is 0.0720. The van der Waals surface area contributed by atoms with Crippen LogP contribution in [0.25, 0.3) is 11.3 Å². The molecule has 0 bridgehead atoms. The number of aromatic nitrogens is 2. The smallest absolute Gasteiger partial charge is 0.175 e. The summed E-state index contributed by atoms with van der Waals surface area (Å²) in [6.07, 6.45) is 1.65. The topological polar surface area (TPSA) is 88.0 Å². The third-order valence-electron chi connectivity index (χ3n) is 2.54. The molecule has 2 aromatic rings. The molecule has 2 heterocycles. The van der Waals surface area contributed by atoms with Crippen molar-refractivity contribution in [2.45, 2.75) is 0 Å². The number of aliphatic imine (C=N–C) groups is 1. The first kappa shape index (κ1) is 9.65. The van der Waals surface area contributed by atoms with Gasteiger partial charge < -0.3 is 5.73 Å². The van der Waals surface area contributed by atoms with Gasteiger partial charge in [0.05, 0.1) is 11.9 Å². The van der Waals surface area contributed by atoms with Crippen LogP contribution in [0.4, 0.5) is 0 Å². The summed E-state index contributed by atoms with van der Waals surface area (Å²) < 4.78 is 0. The van der Waals surface area contributed by atoms with E-state index in [-0.39, 0.29) is 11.7 Å². The van der Waals surface area contributed by atoms with E-state index in [0.717, 1.165) is 11.3 Å². The molecule has 0 aliphatic carbocycles. The van der Waals surface area contributed by atoms with E-state index in [1.165, 1.54) is 0 Å². The molecule has 1 aromatic heterocycles. The molecule has 3 N–H and O–H groups in total. The van der Waals surface area contributed by atoms with Crippen LogP contribution in [-0.2, 0) is 0 Å². The van der Waals surface area contributed by atoms with E-state index in [9.17, 15) is 0 Å². The molecule has 0 atom stereocenters. The number of benzene rings is 1. The maximum atomic E-state index is 7.65. The van der Waals surface area contributed by atoms with E-state index in [0.29, 0.717) is 11.4 Å². The zero-order valence-corrected chi connectivity index (χ0v) is 8.88. The Hall–Kier alpha value is -2.56. The van der Waals surface area contributed by atoms with Gasteiger partial charge in [-0.2, -0.15) is 0 Å². The van der Waals surface area contributed by atoms with Gasteiger partial charge in [-0.25, -0.2) is 15.0 Å². The summed E-state index contributed by atoms with van der Waals surface area (Å²) in [7, 11) is 0. The minimum absolute atomic E-state index is 0.0720. The average Bonchev–Trinajstić information content (AvgIpc) is 2.66. The van der Waals surface area contributed by atoms with Gasteiger partial charge in [-0.1, -0.05) is 30.3 Å². The first-order valence-electron chi connectivity index (χ1n) is 5.11. The molecule has 0 fully saturated rings. The molecule has 0 saturated heterocycles. The number of nitrogens with one attached hydrogen (secondary N) is 1. The Kier molecular flexibility index (Phi) is 1.98. The first-order chi connectivity index (χ1) is 8.25. The zero-order chi connectivity index (χ0) is 11.8. The molecule has 0 radical (unpaired) electrons. The van der Waals surface area contributed by atoms with Crippen LogP contribution in [-0.4, -0.2) is 21.6 Å². The number of hydrogen-bond donors (Lipinski definition) is 2. The van der Waals surface area contributed by atoms with Crippen LogP contribution >= 0.6 is 0 Å². The second kappa shape index (κ2) is 3.48. The molecular weight excluding hydrogens is 214 g/mol. The molecular formula is C12H9N5. The van der Waals surface area contributed by atoms with E-state index in [1.807, 2.05) is 30.3 Å². The standard InChI is InChI=1S/C12H9N5/c13-11-9-10(12(14)17-11)16-8(6-15-9)7-4-2-1-3-5-7/h1-6H,(H3,13,14,17). The van der Waals surface area contributed by atoms with Crippen molar-refractivity contribution in [1.82, 2.24) is 9.97 Å². The quantitative estimate of drug-likeness (QED) is 0.761. The fourth-order valence-corrected chi connectivity index (χ4v) is 1.72. The summed E-state index contributed by atoms with van der Waals surface area (Å²) in [6, 6.07) is 9.69. The highest BCUT2D eigenvalue weighted by molar-refractivity contribution is 6.18. The van der Waals surface area contributed by atoms with Crippen molar-refractivity contribution in [2.24, 2.45) is 10.7 Å². The van der Waals surface area contributed by atoms with Crippen molar-refractivity contribution in [3.05, 3.63) is 47.9 Å². The predicted octanol–water partition coefficient (Wildman–Crippen LogP) is 1.19. The summed E-state index contributed by atoms with van der Waals surface area (Å²) in [5.41, 5.74) is 8.26. The van der Waals surface area contributed by atoms with Crippen LogP contribution in [0.15, 0.2) is 41.5 Å². The van der Waals surface area contributed by atoms with E-state index >= 15 is 0 Å². The van der Waals surface area contributed by atoms with Crippen molar-refractivity contribution < 1.29 is 0 Å². The van der Waals surface area contributed by atoms with Crippen LogP contribution in [0.1, 0.15) is 11.4 Å². The molecule has 82 valence electrons. The van der Waals surface area contributed by atoms with Gasteiger partial charge in [0.1, 0.15) is 11.4 Å². The molecule has 1 aliphatic heterocycles. The molecule has 3 rings (SSSR count). The highest BCUT2D eigenvalue weighted by Crippen LogP contribution is 2.19. The zero-order valence-electron chi connectivity index (χ0n) is 8.88. The van der Waals surface area contributed by atoms with Gasteiger partial charge in [-0.3, -0.25) is 5.41 Å². The van der Waals surface area contributed by atoms with Crippen LogP contribution in [0.3, 0.4) is 0 Å². The molecule has 5 heteroatoms. The van der Waals surface area contributed by atoms with Crippen LogP contribution in [0.5, 0.6) is 0 Å². The number of nitrogens with two attached hydrogens (primary N) is 1. The van der Waals surface area contributed by atoms with Crippen LogP contribution in [0.2, 0.25) is 0 Å². The van der Waals surface area contributed by atoms with Crippen molar-refractivity contribution >= 4 is 11.7 Å². The summed E-state index contributed by atoms with van der Waals surface area (Å²) in [5.74, 6) is 0.333. The molecule has 0 saturated carbocycles. The number of fused-ring (bicyclic) bond motifs is 1. The first-order valence-corrected chi connectivity index (χ1v) is 5.11. The molecule has 0 spiro atoms. The van der Waals surface area contributed by atoms with Crippen molar-refractivity contribution in [1.29, 1.82) is 5.41 Å². The highest BCUT2D eigenvalue weighted by Gasteiger charge is 2.22. The molecule has 17 heavy (non-hydrogen) atoms. The summed E-state index contributed by atoms with van der Waals surface area (Å²) in [5, 5.41) is 7.65. The number of amidine groups is 2. The second-order valence-electron chi connectivity index (χ2n) is 3.66. The van der Waals surface area contributed by atoms with E-state index < -0.39 is 0 Å².